The van der Waals surface area contributed by atoms with E-state index >= 15 is 0 Å². The SMILES string of the molecule is CN(Cc1cccnc1)c1nc(N)nc(-n2ccnc2)n1. The number of nitrogen functional groups attached to an aromatic ring is 1. The standard InChI is InChI=1S/C13H14N8/c1-20(8-10-3-2-4-15-7-10)12-17-11(14)18-13(19-12)21-6-5-16-9-21/h2-7,9H,8H2,1H3,(H2,14,17,18,19). The molecule has 106 valence electrons. The number of pyridine rings is 1. The largest absolute Gasteiger partial charge is 0.368 e. The van der Waals surface area contributed by atoms with Crippen molar-refractivity contribution in [2.24, 2.45) is 0 Å². The van der Waals surface area contributed by atoms with Gasteiger partial charge in [0, 0.05) is 38.4 Å². The fourth-order valence-corrected chi connectivity index (χ4v) is 1.87. The third-order valence-corrected chi connectivity index (χ3v) is 2.85. The molecule has 0 amide bonds. The van der Waals surface area contributed by atoms with Crippen molar-refractivity contribution in [3.63, 3.8) is 0 Å². The second-order valence-electron chi connectivity index (χ2n) is 4.48. The molecular weight excluding hydrogens is 268 g/mol. The number of rotatable bonds is 4. The van der Waals surface area contributed by atoms with Crippen LogP contribution in [-0.4, -0.2) is 36.5 Å². The fraction of sp³-hybridized carbons (Fsp3) is 0.154. The first-order valence-corrected chi connectivity index (χ1v) is 6.32. The summed E-state index contributed by atoms with van der Waals surface area (Å²) in [7, 11) is 1.89. The first kappa shape index (κ1) is 13.0. The van der Waals surface area contributed by atoms with Gasteiger partial charge in [-0.1, -0.05) is 6.07 Å². The third-order valence-electron chi connectivity index (χ3n) is 2.85. The minimum absolute atomic E-state index is 0.168. The minimum atomic E-state index is 0.168. The predicted molar refractivity (Wildman–Crippen MR) is 77.7 cm³/mol. The summed E-state index contributed by atoms with van der Waals surface area (Å²) in [5.74, 6) is 1.10. The second-order valence-corrected chi connectivity index (χ2v) is 4.48. The van der Waals surface area contributed by atoms with Gasteiger partial charge in [0.05, 0.1) is 0 Å². The number of hydrogen-bond acceptors (Lipinski definition) is 7. The van der Waals surface area contributed by atoms with E-state index < -0.39 is 0 Å². The normalized spacial score (nSPS) is 10.5. The van der Waals surface area contributed by atoms with Gasteiger partial charge in [-0.05, 0) is 11.6 Å². The monoisotopic (exact) mass is 282 g/mol. The Morgan fingerprint density at radius 3 is 2.81 bits per heavy atom. The van der Waals surface area contributed by atoms with Crippen molar-refractivity contribution in [3.8, 4) is 5.95 Å². The molecule has 0 aliphatic heterocycles. The number of aromatic nitrogens is 6. The molecule has 8 heteroatoms. The molecule has 0 saturated carbocycles. The van der Waals surface area contributed by atoms with E-state index in [-0.39, 0.29) is 5.95 Å². The fourth-order valence-electron chi connectivity index (χ4n) is 1.87. The van der Waals surface area contributed by atoms with E-state index in [1.165, 1.54) is 0 Å². The number of nitrogens with zero attached hydrogens (tertiary/aromatic N) is 7. The maximum Gasteiger partial charge on any atom is 0.241 e. The molecule has 3 heterocycles. The summed E-state index contributed by atoms with van der Waals surface area (Å²) in [6, 6.07) is 3.88. The smallest absolute Gasteiger partial charge is 0.241 e. The van der Waals surface area contributed by atoms with Gasteiger partial charge in [0.15, 0.2) is 0 Å². The summed E-state index contributed by atoms with van der Waals surface area (Å²) in [5, 5.41) is 0. The average Bonchev–Trinajstić information content (AvgIpc) is 3.02. The maximum absolute atomic E-state index is 5.76. The van der Waals surface area contributed by atoms with E-state index in [0.717, 1.165) is 5.56 Å². The highest BCUT2D eigenvalue weighted by atomic mass is 15.3. The Hall–Kier alpha value is -3.03. The molecule has 0 aliphatic carbocycles. The van der Waals surface area contributed by atoms with Gasteiger partial charge >= 0.3 is 0 Å². The molecule has 0 spiro atoms. The van der Waals surface area contributed by atoms with E-state index in [1.54, 1.807) is 35.7 Å². The molecule has 0 aliphatic rings. The van der Waals surface area contributed by atoms with E-state index in [2.05, 4.69) is 24.9 Å². The molecular formula is C13H14N8. The van der Waals surface area contributed by atoms with Crippen LogP contribution in [0.4, 0.5) is 11.9 Å². The van der Waals surface area contributed by atoms with Crippen LogP contribution in [0, 0.1) is 0 Å². The molecule has 0 atom stereocenters. The Labute approximate surface area is 121 Å². The van der Waals surface area contributed by atoms with Crippen molar-refractivity contribution in [1.82, 2.24) is 29.5 Å². The molecule has 0 radical (unpaired) electrons. The summed E-state index contributed by atoms with van der Waals surface area (Å²) < 4.78 is 1.68. The Bertz CT molecular complexity index is 710. The summed E-state index contributed by atoms with van der Waals surface area (Å²) >= 11 is 0. The van der Waals surface area contributed by atoms with Gasteiger partial charge in [-0.2, -0.15) is 15.0 Å². The molecule has 0 bridgehead atoms. The summed E-state index contributed by atoms with van der Waals surface area (Å²) in [4.78, 5) is 22.6. The van der Waals surface area contributed by atoms with Crippen molar-refractivity contribution >= 4 is 11.9 Å². The van der Waals surface area contributed by atoms with Gasteiger partial charge in [0.25, 0.3) is 0 Å². The van der Waals surface area contributed by atoms with Crippen molar-refractivity contribution in [3.05, 3.63) is 48.8 Å². The minimum Gasteiger partial charge on any atom is -0.368 e. The Balaban J connectivity index is 1.88. The molecule has 2 N–H and O–H groups in total. The second kappa shape index (κ2) is 5.53. The molecule has 8 nitrogen and oxygen atoms in total. The number of hydrogen-bond donors (Lipinski definition) is 1. The van der Waals surface area contributed by atoms with Crippen LogP contribution in [0.3, 0.4) is 0 Å². The molecule has 0 aromatic carbocycles. The maximum atomic E-state index is 5.76. The van der Waals surface area contributed by atoms with Crippen molar-refractivity contribution < 1.29 is 0 Å². The third kappa shape index (κ3) is 2.94. The zero-order valence-corrected chi connectivity index (χ0v) is 11.5. The van der Waals surface area contributed by atoms with Gasteiger partial charge in [0.1, 0.15) is 6.33 Å². The van der Waals surface area contributed by atoms with Crippen molar-refractivity contribution in [2.75, 3.05) is 17.7 Å². The highest BCUT2D eigenvalue weighted by Gasteiger charge is 2.10. The van der Waals surface area contributed by atoms with E-state index in [0.29, 0.717) is 18.4 Å². The van der Waals surface area contributed by atoms with E-state index in [1.807, 2.05) is 24.1 Å². The van der Waals surface area contributed by atoms with Crippen LogP contribution in [0.2, 0.25) is 0 Å². The van der Waals surface area contributed by atoms with Crippen LogP contribution in [0.1, 0.15) is 5.56 Å². The van der Waals surface area contributed by atoms with Gasteiger partial charge < -0.3 is 10.6 Å². The lowest BCUT2D eigenvalue weighted by Gasteiger charge is -2.17. The number of imidazole rings is 1. The Kier molecular flexibility index (Phi) is 3.42. The highest BCUT2D eigenvalue weighted by Crippen LogP contribution is 2.12. The van der Waals surface area contributed by atoms with Gasteiger partial charge in [-0.15, -0.1) is 0 Å². The Morgan fingerprint density at radius 1 is 1.19 bits per heavy atom. The Morgan fingerprint density at radius 2 is 2.10 bits per heavy atom. The van der Waals surface area contributed by atoms with Crippen LogP contribution >= 0.6 is 0 Å². The van der Waals surface area contributed by atoms with Crippen LogP contribution in [-0.2, 0) is 6.54 Å². The molecule has 3 rings (SSSR count). The summed E-state index contributed by atoms with van der Waals surface area (Å²) in [6.07, 6.45) is 8.55. The summed E-state index contributed by atoms with van der Waals surface area (Å²) in [5.41, 5.74) is 6.82. The zero-order chi connectivity index (χ0) is 14.7. The molecule has 3 aromatic rings. The molecule has 3 aromatic heterocycles. The van der Waals surface area contributed by atoms with Crippen LogP contribution in [0.25, 0.3) is 5.95 Å². The van der Waals surface area contributed by atoms with Crippen LogP contribution in [0.15, 0.2) is 43.2 Å². The van der Waals surface area contributed by atoms with E-state index in [9.17, 15) is 0 Å². The predicted octanol–water partition coefficient (Wildman–Crippen LogP) is 0.671. The van der Waals surface area contributed by atoms with Crippen molar-refractivity contribution in [2.45, 2.75) is 6.54 Å². The highest BCUT2D eigenvalue weighted by molar-refractivity contribution is 5.38. The molecule has 0 fully saturated rings. The van der Waals surface area contributed by atoms with Crippen molar-refractivity contribution in [1.29, 1.82) is 0 Å². The molecule has 0 saturated heterocycles. The number of anilines is 2. The molecule has 21 heavy (non-hydrogen) atoms. The number of nitrogens with two attached hydrogens (primary N) is 1. The lowest BCUT2D eigenvalue weighted by Crippen LogP contribution is -2.21. The first-order chi connectivity index (χ1) is 10.2. The lowest BCUT2D eigenvalue weighted by molar-refractivity contribution is 0.825. The van der Waals surface area contributed by atoms with Gasteiger partial charge in [-0.3, -0.25) is 9.55 Å². The van der Waals surface area contributed by atoms with E-state index in [4.69, 9.17) is 5.73 Å². The topological polar surface area (TPSA) is 98.6 Å². The van der Waals surface area contributed by atoms with Crippen LogP contribution < -0.4 is 10.6 Å². The first-order valence-electron chi connectivity index (χ1n) is 6.32. The average molecular weight is 282 g/mol. The van der Waals surface area contributed by atoms with Gasteiger partial charge in [0.2, 0.25) is 17.8 Å². The zero-order valence-electron chi connectivity index (χ0n) is 11.5. The van der Waals surface area contributed by atoms with Gasteiger partial charge in [-0.25, -0.2) is 4.98 Å². The van der Waals surface area contributed by atoms with Crippen LogP contribution in [0.5, 0.6) is 0 Å². The lowest BCUT2D eigenvalue weighted by atomic mass is 10.3. The summed E-state index contributed by atoms with van der Waals surface area (Å²) in [6.45, 7) is 0.626. The molecule has 0 unspecified atom stereocenters. The quantitative estimate of drug-likeness (QED) is 0.750.